The van der Waals surface area contributed by atoms with Crippen LogP contribution in [0.2, 0.25) is 0 Å². The summed E-state index contributed by atoms with van der Waals surface area (Å²) >= 11 is 0. The number of amides is 1. The summed E-state index contributed by atoms with van der Waals surface area (Å²) in [4.78, 5) is 21.1. The molecule has 1 spiro atoms. The van der Waals surface area contributed by atoms with Crippen molar-refractivity contribution in [3.8, 4) is 17.0 Å². The molecule has 5 rings (SSSR count). The first-order valence-electron chi connectivity index (χ1n) is 11.7. The van der Waals surface area contributed by atoms with Crippen LogP contribution in [0, 0.1) is 0 Å². The highest BCUT2D eigenvalue weighted by Crippen LogP contribution is 2.44. The molecule has 2 N–H and O–H groups in total. The van der Waals surface area contributed by atoms with Gasteiger partial charge in [-0.2, -0.15) is 0 Å². The minimum absolute atomic E-state index is 0.176. The maximum atomic E-state index is 11.6. The number of carbonyl (C=O) groups excluding carboxylic acids is 1. The summed E-state index contributed by atoms with van der Waals surface area (Å²) in [5.74, 6) is 1.08. The van der Waals surface area contributed by atoms with Crippen LogP contribution in [0.15, 0.2) is 24.5 Å². The lowest BCUT2D eigenvalue weighted by atomic mass is 9.89. The summed E-state index contributed by atoms with van der Waals surface area (Å²) < 4.78 is 20.2. The Kier molecular flexibility index (Phi) is 6.01. The molecular weight excluding hydrogens is 436 g/mol. The molecule has 2 aliphatic heterocycles. The predicted molar refractivity (Wildman–Crippen MR) is 127 cm³/mol. The fourth-order valence-electron chi connectivity index (χ4n) is 4.77. The number of nitrogens with one attached hydrogen (secondary N) is 1. The molecule has 5 heterocycles. The Morgan fingerprint density at radius 2 is 2.24 bits per heavy atom. The van der Waals surface area contributed by atoms with Gasteiger partial charge in [0.15, 0.2) is 0 Å². The third-order valence-corrected chi connectivity index (χ3v) is 6.48. The third kappa shape index (κ3) is 4.15. The molecule has 180 valence electrons. The van der Waals surface area contributed by atoms with Crippen LogP contribution in [0.25, 0.3) is 22.2 Å². The number of aliphatic hydroxyl groups is 1. The van der Waals surface area contributed by atoms with E-state index in [4.69, 9.17) is 19.2 Å². The van der Waals surface area contributed by atoms with E-state index in [9.17, 15) is 9.90 Å². The van der Waals surface area contributed by atoms with Gasteiger partial charge in [-0.05, 0) is 13.0 Å². The van der Waals surface area contributed by atoms with Gasteiger partial charge in [0.2, 0.25) is 5.91 Å². The Morgan fingerprint density at radius 3 is 2.97 bits per heavy atom. The molecule has 2 atom stereocenters. The standard InChI is InChI=1S/C25H30N4O5/c1-15(30)4-7-33-22-11-20(28-24-17(22)5-8-34-25(24)6-9-32-14-25)19-13-29(3)21-12-26-23(10-18(19)21)27-16(2)31/h10-13,15,30H,4-9,14H2,1-3H3,(H,26,27,31)/t15-,25?/m0/s1. The normalized spacial score (nSPS) is 20.5. The Hall–Kier alpha value is -3.01. The zero-order chi connectivity index (χ0) is 23.9. The molecule has 0 radical (unpaired) electrons. The number of aliphatic hydroxyl groups excluding tert-OH is 1. The van der Waals surface area contributed by atoms with Gasteiger partial charge in [0.25, 0.3) is 0 Å². The number of rotatable bonds is 6. The van der Waals surface area contributed by atoms with E-state index in [2.05, 4.69) is 10.3 Å². The molecule has 1 amide bonds. The van der Waals surface area contributed by atoms with Crippen molar-refractivity contribution in [1.82, 2.24) is 14.5 Å². The fourth-order valence-corrected chi connectivity index (χ4v) is 4.77. The number of hydrogen-bond donors (Lipinski definition) is 2. The van der Waals surface area contributed by atoms with Crippen molar-refractivity contribution in [2.45, 2.75) is 44.8 Å². The monoisotopic (exact) mass is 466 g/mol. The number of aromatic nitrogens is 3. The second-order valence-electron chi connectivity index (χ2n) is 9.14. The quantitative estimate of drug-likeness (QED) is 0.575. The Labute approximate surface area is 198 Å². The Morgan fingerprint density at radius 1 is 1.38 bits per heavy atom. The van der Waals surface area contributed by atoms with Gasteiger partial charge in [-0.1, -0.05) is 0 Å². The molecule has 0 aromatic carbocycles. The van der Waals surface area contributed by atoms with Gasteiger partial charge < -0.3 is 29.2 Å². The van der Waals surface area contributed by atoms with Crippen LogP contribution < -0.4 is 10.1 Å². The highest BCUT2D eigenvalue weighted by molar-refractivity contribution is 5.98. The Balaban J connectivity index is 1.65. The first-order valence-corrected chi connectivity index (χ1v) is 11.7. The largest absolute Gasteiger partial charge is 0.493 e. The molecule has 3 aromatic rings. The van der Waals surface area contributed by atoms with Crippen LogP contribution >= 0.6 is 0 Å². The van der Waals surface area contributed by atoms with Gasteiger partial charge in [-0.25, -0.2) is 9.97 Å². The third-order valence-electron chi connectivity index (χ3n) is 6.48. The fraction of sp³-hybridized carbons (Fsp3) is 0.480. The number of ether oxygens (including phenoxy) is 3. The van der Waals surface area contributed by atoms with Gasteiger partial charge >= 0.3 is 0 Å². The van der Waals surface area contributed by atoms with E-state index in [1.807, 2.05) is 29.9 Å². The van der Waals surface area contributed by atoms with E-state index in [0.29, 0.717) is 45.1 Å². The number of fused-ring (bicyclic) bond motifs is 3. The number of nitrogens with zero attached hydrogens (tertiary/aromatic N) is 3. The van der Waals surface area contributed by atoms with E-state index in [0.717, 1.165) is 45.6 Å². The molecule has 0 aliphatic carbocycles. The highest BCUT2D eigenvalue weighted by atomic mass is 16.6. The van der Waals surface area contributed by atoms with Crippen LogP contribution in [0.3, 0.4) is 0 Å². The summed E-state index contributed by atoms with van der Waals surface area (Å²) in [6.45, 7) is 5.31. The van der Waals surface area contributed by atoms with Crippen LogP contribution in [-0.4, -0.2) is 58.1 Å². The second-order valence-corrected chi connectivity index (χ2v) is 9.14. The molecule has 3 aromatic heterocycles. The van der Waals surface area contributed by atoms with E-state index in [1.54, 1.807) is 13.1 Å². The summed E-state index contributed by atoms with van der Waals surface area (Å²) in [6.07, 6.45) is 5.32. The number of anilines is 1. The predicted octanol–water partition coefficient (Wildman–Crippen LogP) is 2.93. The second kappa shape index (κ2) is 8.98. The van der Waals surface area contributed by atoms with Gasteiger partial charge in [0.05, 0.1) is 49.0 Å². The lowest BCUT2D eigenvalue weighted by Crippen LogP contribution is -2.37. The van der Waals surface area contributed by atoms with Crippen molar-refractivity contribution < 1.29 is 24.1 Å². The van der Waals surface area contributed by atoms with E-state index in [1.165, 1.54) is 6.92 Å². The number of hydrogen-bond acceptors (Lipinski definition) is 7. The van der Waals surface area contributed by atoms with Crippen molar-refractivity contribution in [3.05, 3.63) is 35.8 Å². The molecule has 1 unspecified atom stereocenters. The molecule has 9 nitrogen and oxygen atoms in total. The minimum atomic E-state index is -0.570. The summed E-state index contributed by atoms with van der Waals surface area (Å²) in [7, 11) is 1.96. The molecule has 1 fully saturated rings. The van der Waals surface area contributed by atoms with Crippen molar-refractivity contribution in [1.29, 1.82) is 0 Å². The van der Waals surface area contributed by atoms with Crippen LogP contribution in [0.1, 0.15) is 37.9 Å². The zero-order valence-electron chi connectivity index (χ0n) is 19.8. The zero-order valence-corrected chi connectivity index (χ0v) is 19.8. The maximum Gasteiger partial charge on any atom is 0.222 e. The molecule has 34 heavy (non-hydrogen) atoms. The van der Waals surface area contributed by atoms with Gasteiger partial charge in [0, 0.05) is 68.6 Å². The van der Waals surface area contributed by atoms with Crippen molar-refractivity contribution in [2.75, 3.05) is 31.7 Å². The topological polar surface area (TPSA) is 108 Å². The van der Waals surface area contributed by atoms with E-state index in [-0.39, 0.29) is 5.91 Å². The SMILES string of the molecule is CC(=O)Nc1cc2c(-c3cc(OCC[C@H](C)O)c4c(n3)C3(CCOC3)OCC4)cn(C)c2cn1. The molecule has 0 saturated carbocycles. The highest BCUT2D eigenvalue weighted by Gasteiger charge is 2.44. The van der Waals surface area contributed by atoms with Crippen molar-refractivity contribution >= 4 is 22.6 Å². The Bertz CT molecular complexity index is 1230. The summed E-state index contributed by atoms with van der Waals surface area (Å²) in [5.41, 5.74) is 3.94. The first-order chi connectivity index (χ1) is 16.4. The van der Waals surface area contributed by atoms with Crippen molar-refractivity contribution in [2.24, 2.45) is 7.05 Å². The van der Waals surface area contributed by atoms with Gasteiger partial charge in [-0.15, -0.1) is 0 Å². The molecular formula is C25H30N4O5. The maximum absolute atomic E-state index is 11.6. The van der Waals surface area contributed by atoms with E-state index >= 15 is 0 Å². The minimum Gasteiger partial charge on any atom is -0.493 e. The summed E-state index contributed by atoms with van der Waals surface area (Å²) in [5, 5.41) is 13.4. The molecule has 2 aliphatic rings. The first kappa shape index (κ1) is 22.8. The molecule has 1 saturated heterocycles. The summed E-state index contributed by atoms with van der Waals surface area (Å²) in [6, 6.07) is 3.84. The van der Waals surface area contributed by atoms with Crippen LogP contribution in [0.5, 0.6) is 5.75 Å². The number of pyridine rings is 2. The number of carbonyl (C=O) groups is 1. The molecule has 9 heteroatoms. The lowest BCUT2D eigenvalue weighted by Gasteiger charge is -2.34. The average Bonchev–Trinajstić information content (AvgIpc) is 3.38. The number of aryl methyl sites for hydroxylation is 1. The average molecular weight is 467 g/mol. The van der Waals surface area contributed by atoms with Crippen LogP contribution in [-0.2, 0) is 33.3 Å². The van der Waals surface area contributed by atoms with Crippen molar-refractivity contribution in [3.63, 3.8) is 0 Å². The van der Waals surface area contributed by atoms with Gasteiger partial charge in [0.1, 0.15) is 17.2 Å². The van der Waals surface area contributed by atoms with Gasteiger partial charge in [-0.3, -0.25) is 4.79 Å². The van der Waals surface area contributed by atoms with E-state index < -0.39 is 11.7 Å². The lowest BCUT2D eigenvalue weighted by molar-refractivity contribution is -0.114. The smallest absolute Gasteiger partial charge is 0.222 e. The van der Waals surface area contributed by atoms with Crippen LogP contribution in [0.4, 0.5) is 5.82 Å². The molecule has 0 bridgehead atoms.